The van der Waals surface area contributed by atoms with E-state index in [2.05, 4.69) is 11.9 Å². The number of benzene rings is 1. The molecule has 1 aromatic carbocycles. The molecule has 0 fully saturated rings. The van der Waals surface area contributed by atoms with E-state index in [0.717, 1.165) is 16.8 Å². The number of rotatable bonds is 3. The van der Waals surface area contributed by atoms with Crippen LogP contribution in [0.2, 0.25) is 0 Å². The molecule has 88 valence electrons. The fraction of sp³-hybridized carbons (Fsp3) is 0.231. The van der Waals surface area contributed by atoms with Crippen LogP contribution in [0, 0.1) is 0 Å². The van der Waals surface area contributed by atoms with Gasteiger partial charge in [0.15, 0.2) is 0 Å². The number of amides is 1. The highest BCUT2D eigenvalue weighted by Gasteiger charge is 2.15. The Balaban J connectivity index is 2.19. The number of carbonyl (C=O) groups excluding carboxylic acids is 1. The molecule has 1 heterocycles. The molecule has 2 rings (SSSR count). The van der Waals surface area contributed by atoms with Crippen molar-refractivity contribution in [1.29, 1.82) is 0 Å². The van der Waals surface area contributed by atoms with Crippen molar-refractivity contribution >= 4 is 17.6 Å². The molecule has 0 saturated carbocycles. The first-order valence-corrected chi connectivity index (χ1v) is 5.39. The summed E-state index contributed by atoms with van der Waals surface area (Å²) in [6.45, 7) is 3.50. The topological polar surface area (TPSA) is 66.4 Å². The summed E-state index contributed by atoms with van der Waals surface area (Å²) in [5.41, 5.74) is 2.96. The second-order valence-corrected chi connectivity index (χ2v) is 4.13. The Morgan fingerprint density at radius 1 is 1.41 bits per heavy atom. The summed E-state index contributed by atoms with van der Waals surface area (Å²) in [7, 11) is 0. The van der Waals surface area contributed by atoms with Crippen LogP contribution in [0.1, 0.15) is 17.5 Å². The molecule has 0 aliphatic carbocycles. The molecular formula is C13H13NO3. The maximum atomic E-state index is 11.2. The van der Waals surface area contributed by atoms with E-state index < -0.39 is 5.97 Å². The Morgan fingerprint density at radius 3 is 2.88 bits per heavy atom. The summed E-state index contributed by atoms with van der Waals surface area (Å²) in [5, 5.41) is 11.5. The van der Waals surface area contributed by atoms with Crippen molar-refractivity contribution in [3.63, 3.8) is 0 Å². The quantitative estimate of drug-likeness (QED) is 0.779. The van der Waals surface area contributed by atoms with E-state index in [1.807, 2.05) is 18.2 Å². The highest BCUT2D eigenvalue weighted by atomic mass is 16.4. The number of aryl methyl sites for hydroxylation is 1. The third kappa shape index (κ3) is 2.53. The van der Waals surface area contributed by atoms with Crippen LogP contribution in [0.15, 0.2) is 30.4 Å². The number of carbonyl (C=O) groups is 2. The van der Waals surface area contributed by atoms with Crippen LogP contribution in [0.4, 0.5) is 5.69 Å². The Hall–Kier alpha value is -2.10. The summed E-state index contributed by atoms with van der Waals surface area (Å²) in [6, 6.07) is 5.57. The normalized spacial score (nSPS) is 13.8. The van der Waals surface area contributed by atoms with Gasteiger partial charge in [0, 0.05) is 24.1 Å². The van der Waals surface area contributed by atoms with Crippen molar-refractivity contribution < 1.29 is 14.7 Å². The monoisotopic (exact) mass is 231 g/mol. The van der Waals surface area contributed by atoms with Crippen LogP contribution in [0.5, 0.6) is 0 Å². The average Bonchev–Trinajstić information content (AvgIpc) is 2.29. The van der Waals surface area contributed by atoms with E-state index in [1.54, 1.807) is 0 Å². The van der Waals surface area contributed by atoms with E-state index in [9.17, 15) is 9.59 Å². The van der Waals surface area contributed by atoms with Gasteiger partial charge >= 0.3 is 5.97 Å². The van der Waals surface area contributed by atoms with Crippen molar-refractivity contribution in [3.05, 3.63) is 41.5 Å². The highest BCUT2D eigenvalue weighted by molar-refractivity contribution is 5.94. The molecule has 0 spiro atoms. The van der Waals surface area contributed by atoms with Gasteiger partial charge in [-0.3, -0.25) is 4.79 Å². The van der Waals surface area contributed by atoms with Crippen LogP contribution < -0.4 is 5.32 Å². The number of hydrogen-bond acceptors (Lipinski definition) is 2. The third-order valence-corrected chi connectivity index (χ3v) is 2.79. The van der Waals surface area contributed by atoms with E-state index in [0.29, 0.717) is 19.3 Å². The number of anilines is 1. The van der Waals surface area contributed by atoms with Crippen LogP contribution in [-0.2, 0) is 22.4 Å². The summed E-state index contributed by atoms with van der Waals surface area (Å²) >= 11 is 0. The van der Waals surface area contributed by atoms with Crippen LogP contribution in [0.25, 0.3) is 0 Å². The fourth-order valence-corrected chi connectivity index (χ4v) is 1.87. The molecule has 0 radical (unpaired) electrons. The first-order chi connectivity index (χ1) is 8.06. The second-order valence-electron chi connectivity index (χ2n) is 4.13. The Labute approximate surface area is 99.0 Å². The standard InChI is InChI=1S/C13H13NO3/c1-8(13(16)17)6-9-2-4-11-10(7-9)3-5-12(15)14-11/h2,4,7H,1,3,5-6H2,(H,14,15)(H,16,17). The van der Waals surface area contributed by atoms with Gasteiger partial charge in [-0.2, -0.15) is 0 Å². The Kier molecular flexibility index (Phi) is 2.95. The third-order valence-electron chi connectivity index (χ3n) is 2.79. The predicted molar refractivity (Wildman–Crippen MR) is 63.9 cm³/mol. The molecule has 1 aromatic rings. The minimum absolute atomic E-state index is 0.0280. The first kappa shape index (κ1) is 11.4. The van der Waals surface area contributed by atoms with E-state index >= 15 is 0 Å². The second kappa shape index (κ2) is 4.41. The molecule has 0 atom stereocenters. The van der Waals surface area contributed by atoms with Gasteiger partial charge in [0.1, 0.15) is 0 Å². The molecule has 4 nitrogen and oxygen atoms in total. The van der Waals surface area contributed by atoms with Crippen molar-refractivity contribution in [2.45, 2.75) is 19.3 Å². The lowest BCUT2D eigenvalue weighted by atomic mass is 9.97. The molecule has 17 heavy (non-hydrogen) atoms. The van der Waals surface area contributed by atoms with Gasteiger partial charge in [-0.1, -0.05) is 18.7 Å². The van der Waals surface area contributed by atoms with Crippen LogP contribution in [-0.4, -0.2) is 17.0 Å². The van der Waals surface area contributed by atoms with Crippen molar-refractivity contribution in [3.8, 4) is 0 Å². The van der Waals surface area contributed by atoms with Gasteiger partial charge in [0.25, 0.3) is 0 Å². The molecule has 1 aliphatic heterocycles. The maximum Gasteiger partial charge on any atom is 0.331 e. The minimum Gasteiger partial charge on any atom is -0.478 e. The number of carboxylic acids is 1. The number of fused-ring (bicyclic) bond motifs is 1. The van der Waals surface area contributed by atoms with Gasteiger partial charge in [0.2, 0.25) is 5.91 Å². The first-order valence-electron chi connectivity index (χ1n) is 5.39. The minimum atomic E-state index is -0.976. The molecule has 0 saturated heterocycles. The number of nitrogens with one attached hydrogen (secondary N) is 1. The molecule has 1 amide bonds. The SMILES string of the molecule is C=C(Cc1ccc2c(c1)CCC(=O)N2)C(=O)O. The van der Waals surface area contributed by atoms with E-state index in [-0.39, 0.29) is 11.5 Å². The zero-order valence-corrected chi connectivity index (χ0v) is 9.32. The number of hydrogen-bond donors (Lipinski definition) is 2. The molecule has 0 unspecified atom stereocenters. The lowest BCUT2D eigenvalue weighted by molar-refractivity contribution is -0.132. The average molecular weight is 231 g/mol. The Morgan fingerprint density at radius 2 is 2.18 bits per heavy atom. The van der Waals surface area contributed by atoms with Crippen molar-refractivity contribution in [2.24, 2.45) is 0 Å². The molecule has 4 heteroatoms. The summed E-state index contributed by atoms with van der Waals surface area (Å²) in [5.74, 6) is -0.948. The van der Waals surface area contributed by atoms with Gasteiger partial charge in [0.05, 0.1) is 0 Å². The summed E-state index contributed by atoms with van der Waals surface area (Å²) < 4.78 is 0. The zero-order valence-electron chi connectivity index (χ0n) is 9.32. The van der Waals surface area contributed by atoms with Crippen LogP contribution in [0.3, 0.4) is 0 Å². The van der Waals surface area contributed by atoms with E-state index in [4.69, 9.17) is 5.11 Å². The lowest BCUT2D eigenvalue weighted by Gasteiger charge is -2.17. The predicted octanol–water partition coefficient (Wildman–Crippen LogP) is 1.75. The fourth-order valence-electron chi connectivity index (χ4n) is 1.87. The lowest BCUT2D eigenvalue weighted by Crippen LogP contribution is -2.19. The van der Waals surface area contributed by atoms with Crippen LogP contribution >= 0.6 is 0 Å². The molecular weight excluding hydrogens is 218 g/mol. The molecule has 0 aromatic heterocycles. The van der Waals surface area contributed by atoms with Crippen molar-refractivity contribution in [1.82, 2.24) is 0 Å². The Bertz CT molecular complexity index is 505. The summed E-state index contributed by atoms with van der Waals surface area (Å²) in [6.07, 6.45) is 1.52. The molecule has 0 bridgehead atoms. The van der Waals surface area contributed by atoms with Crippen molar-refractivity contribution in [2.75, 3.05) is 5.32 Å². The van der Waals surface area contributed by atoms with Gasteiger partial charge in [-0.15, -0.1) is 0 Å². The zero-order chi connectivity index (χ0) is 12.4. The smallest absolute Gasteiger partial charge is 0.331 e. The number of aliphatic carboxylic acids is 1. The molecule has 1 aliphatic rings. The van der Waals surface area contributed by atoms with Gasteiger partial charge in [-0.05, 0) is 23.6 Å². The van der Waals surface area contributed by atoms with Gasteiger partial charge in [-0.25, -0.2) is 4.79 Å². The van der Waals surface area contributed by atoms with E-state index in [1.165, 1.54) is 0 Å². The summed E-state index contributed by atoms with van der Waals surface area (Å²) in [4.78, 5) is 21.9. The number of carboxylic acid groups (broad SMARTS) is 1. The maximum absolute atomic E-state index is 11.2. The molecule has 2 N–H and O–H groups in total. The van der Waals surface area contributed by atoms with Gasteiger partial charge < -0.3 is 10.4 Å². The highest BCUT2D eigenvalue weighted by Crippen LogP contribution is 2.24. The largest absolute Gasteiger partial charge is 0.478 e.